The first-order valence-electron chi connectivity index (χ1n) is 14.7. The molecule has 0 radical (unpaired) electrons. The average molecular weight is 616 g/mol. The number of aryl methyl sites for hydroxylation is 1. The van der Waals surface area contributed by atoms with Crippen molar-refractivity contribution in [3.8, 4) is 17.5 Å². The Morgan fingerprint density at radius 1 is 0.932 bits per heavy atom. The lowest BCUT2D eigenvalue weighted by molar-refractivity contribution is -0.389. The van der Waals surface area contributed by atoms with Gasteiger partial charge in [-0.05, 0) is 70.7 Å². The minimum atomic E-state index is -0.512. The van der Waals surface area contributed by atoms with Gasteiger partial charge in [-0.3, -0.25) is 9.47 Å². The second-order valence-corrected chi connectivity index (χ2v) is 11.3. The van der Waals surface area contributed by atoms with Gasteiger partial charge >= 0.3 is 11.8 Å². The Morgan fingerprint density at radius 2 is 1.64 bits per heavy atom. The third-order valence-corrected chi connectivity index (χ3v) is 8.00. The molecule has 1 atom stereocenters. The van der Waals surface area contributed by atoms with Crippen molar-refractivity contribution in [2.75, 3.05) is 44.3 Å². The molecule has 0 bridgehead atoms. The number of nitro groups is 1. The predicted molar refractivity (Wildman–Crippen MR) is 170 cm³/mol. The lowest BCUT2D eigenvalue weighted by atomic mass is 10.1. The van der Waals surface area contributed by atoms with Crippen LogP contribution in [0.1, 0.15) is 17.5 Å². The number of hydrogen-bond acceptors (Lipinski definition) is 8. The minimum absolute atomic E-state index is 0.201. The van der Waals surface area contributed by atoms with Gasteiger partial charge in [-0.2, -0.15) is 0 Å². The molecular weight excluding hydrogens is 582 g/mol. The number of fused-ring (bicyclic) bond motifs is 1. The Hall–Kier alpha value is -4.54. The number of nitrogens with zero attached hydrogens (tertiary/aromatic N) is 5. The van der Waals surface area contributed by atoms with E-state index in [1.54, 1.807) is 4.57 Å². The van der Waals surface area contributed by atoms with Crippen LogP contribution < -0.4 is 19.1 Å². The second kappa shape index (κ2) is 13.8. The highest BCUT2D eigenvalue weighted by Gasteiger charge is 2.28. The molecule has 0 N–H and O–H groups in total. The molecule has 1 fully saturated rings. The molecule has 0 saturated carbocycles. The normalized spacial score (nSPS) is 16.8. The maximum Gasteiger partial charge on any atom is 0.414 e. The van der Waals surface area contributed by atoms with Gasteiger partial charge in [0, 0.05) is 61.4 Å². The largest absolute Gasteiger partial charge is 0.490 e. The highest BCUT2D eigenvalue weighted by Crippen LogP contribution is 2.26. The zero-order valence-electron chi connectivity index (χ0n) is 24.3. The van der Waals surface area contributed by atoms with Crippen LogP contribution in [0.4, 0.5) is 11.5 Å². The number of aromatic nitrogens is 2. The van der Waals surface area contributed by atoms with E-state index in [2.05, 4.69) is 39.0 Å². The summed E-state index contributed by atoms with van der Waals surface area (Å²) in [7, 11) is 0. The molecule has 3 aromatic carbocycles. The Bertz CT molecular complexity index is 1570. The standard InChI is InChI=1S/C33H34ClN5O5/c34-27-7-3-25(4-8-27)2-1-21-42-29-11-5-26(6-12-29)22-36-17-19-37(20-18-36)28-9-13-30(14-10-28)43-24-31-15-16-38-23-32(39(40)41)35-33(38)44-31/h1-14,23,31H,15-22,24H2/t31-/m1/s1. The SMILES string of the molecule is O=[N+]([O-])c1cn2c(n1)O[C@@H](COc1ccc(N3CCN(Cc4ccc(OCC=Cc5ccc(Cl)cc5)cc4)CC3)cc1)CC2. The van der Waals surface area contributed by atoms with Crippen LogP contribution in [0.15, 0.2) is 85.1 Å². The van der Waals surface area contributed by atoms with E-state index >= 15 is 0 Å². The number of hydrogen-bond donors (Lipinski definition) is 0. The van der Waals surface area contributed by atoms with Gasteiger partial charge in [0.05, 0.1) is 0 Å². The van der Waals surface area contributed by atoms with E-state index in [0.717, 1.165) is 54.8 Å². The first-order valence-corrected chi connectivity index (χ1v) is 15.1. The third kappa shape index (κ3) is 7.69. The number of halogens is 1. The molecule has 228 valence electrons. The van der Waals surface area contributed by atoms with Crippen LogP contribution in [-0.4, -0.2) is 64.9 Å². The molecule has 0 aliphatic carbocycles. The van der Waals surface area contributed by atoms with Crippen LogP contribution >= 0.6 is 11.6 Å². The van der Waals surface area contributed by atoms with Crippen molar-refractivity contribution >= 4 is 29.2 Å². The van der Waals surface area contributed by atoms with Gasteiger partial charge in [0.2, 0.25) is 0 Å². The topological polar surface area (TPSA) is 95.1 Å². The lowest BCUT2D eigenvalue weighted by Crippen LogP contribution is -2.45. The van der Waals surface area contributed by atoms with Crippen molar-refractivity contribution in [3.05, 3.63) is 111 Å². The van der Waals surface area contributed by atoms with E-state index in [0.29, 0.717) is 26.2 Å². The molecule has 4 aromatic rings. The summed E-state index contributed by atoms with van der Waals surface area (Å²) in [5, 5.41) is 11.7. The summed E-state index contributed by atoms with van der Waals surface area (Å²) >= 11 is 5.93. The van der Waals surface area contributed by atoms with Gasteiger partial charge in [0.25, 0.3) is 0 Å². The third-order valence-electron chi connectivity index (χ3n) is 7.74. The highest BCUT2D eigenvalue weighted by atomic mass is 35.5. The van der Waals surface area contributed by atoms with Crippen molar-refractivity contribution in [1.82, 2.24) is 14.5 Å². The van der Waals surface area contributed by atoms with Crippen LogP contribution in [0.3, 0.4) is 0 Å². The Morgan fingerprint density at radius 3 is 2.36 bits per heavy atom. The van der Waals surface area contributed by atoms with Crippen molar-refractivity contribution in [3.63, 3.8) is 0 Å². The minimum Gasteiger partial charge on any atom is -0.490 e. The van der Waals surface area contributed by atoms with Crippen LogP contribution in [0.25, 0.3) is 6.08 Å². The van der Waals surface area contributed by atoms with Crippen LogP contribution in [0.2, 0.25) is 5.02 Å². The summed E-state index contributed by atoms with van der Waals surface area (Å²) in [5.74, 6) is 1.42. The van der Waals surface area contributed by atoms with E-state index in [1.807, 2.05) is 60.7 Å². The monoisotopic (exact) mass is 615 g/mol. The molecular formula is C33H34ClN5O5. The molecule has 2 aliphatic rings. The summed E-state index contributed by atoms with van der Waals surface area (Å²) in [6, 6.07) is 24.5. The number of benzene rings is 3. The van der Waals surface area contributed by atoms with Crippen LogP contribution in [-0.2, 0) is 13.1 Å². The van der Waals surface area contributed by atoms with E-state index in [-0.39, 0.29) is 17.9 Å². The fourth-order valence-corrected chi connectivity index (χ4v) is 5.42. The maximum absolute atomic E-state index is 11.0. The molecule has 1 saturated heterocycles. The number of ether oxygens (including phenoxy) is 3. The van der Waals surface area contributed by atoms with Crippen molar-refractivity contribution in [2.45, 2.75) is 25.6 Å². The number of anilines is 1. The molecule has 3 heterocycles. The average Bonchev–Trinajstić information content (AvgIpc) is 3.49. The Labute approximate surface area is 261 Å². The Kier molecular flexibility index (Phi) is 9.28. The van der Waals surface area contributed by atoms with Gasteiger partial charge in [-0.25, -0.2) is 0 Å². The van der Waals surface area contributed by atoms with Crippen molar-refractivity contribution in [1.29, 1.82) is 0 Å². The second-order valence-electron chi connectivity index (χ2n) is 10.8. The zero-order valence-corrected chi connectivity index (χ0v) is 25.0. The smallest absolute Gasteiger partial charge is 0.414 e. The molecule has 44 heavy (non-hydrogen) atoms. The number of imidazole rings is 1. The molecule has 0 unspecified atom stereocenters. The first-order chi connectivity index (χ1) is 21.5. The van der Waals surface area contributed by atoms with E-state index < -0.39 is 4.92 Å². The summed E-state index contributed by atoms with van der Waals surface area (Å²) in [6.07, 6.45) is 5.92. The summed E-state index contributed by atoms with van der Waals surface area (Å²) in [4.78, 5) is 19.3. The predicted octanol–water partition coefficient (Wildman–Crippen LogP) is 6.09. The van der Waals surface area contributed by atoms with Crippen LogP contribution in [0, 0.1) is 10.1 Å². The van der Waals surface area contributed by atoms with E-state index in [1.165, 1.54) is 17.4 Å². The Balaban J connectivity index is 0.904. The summed E-state index contributed by atoms with van der Waals surface area (Å²) in [5.41, 5.74) is 3.54. The number of piperazine rings is 1. The summed E-state index contributed by atoms with van der Waals surface area (Å²) in [6.45, 7) is 6.26. The fraction of sp³-hybridized carbons (Fsp3) is 0.303. The zero-order chi connectivity index (χ0) is 30.3. The van der Waals surface area contributed by atoms with Crippen molar-refractivity contribution < 1.29 is 19.1 Å². The van der Waals surface area contributed by atoms with Gasteiger partial charge in [-0.1, -0.05) is 41.9 Å². The van der Waals surface area contributed by atoms with E-state index in [4.69, 9.17) is 25.8 Å². The van der Waals surface area contributed by atoms with Gasteiger partial charge < -0.3 is 29.2 Å². The van der Waals surface area contributed by atoms with Crippen LogP contribution in [0.5, 0.6) is 17.5 Å². The molecule has 6 rings (SSSR count). The van der Waals surface area contributed by atoms with Gasteiger partial charge in [-0.15, -0.1) is 0 Å². The molecule has 1 aromatic heterocycles. The lowest BCUT2D eigenvalue weighted by Gasteiger charge is -2.36. The molecule has 11 heteroatoms. The van der Waals surface area contributed by atoms with Crippen molar-refractivity contribution in [2.24, 2.45) is 0 Å². The first kappa shape index (κ1) is 29.5. The van der Waals surface area contributed by atoms with Gasteiger partial charge in [0.15, 0.2) is 0 Å². The van der Waals surface area contributed by atoms with Gasteiger partial charge in [0.1, 0.15) is 37.0 Å². The molecule has 0 spiro atoms. The summed E-state index contributed by atoms with van der Waals surface area (Å²) < 4.78 is 19.3. The molecule has 2 aliphatic heterocycles. The maximum atomic E-state index is 11.0. The van der Waals surface area contributed by atoms with E-state index in [9.17, 15) is 10.1 Å². The fourth-order valence-electron chi connectivity index (χ4n) is 5.29. The molecule has 10 nitrogen and oxygen atoms in total. The number of rotatable bonds is 11. The molecule has 0 amide bonds. The highest BCUT2D eigenvalue weighted by molar-refractivity contribution is 6.30. The quantitative estimate of drug-likeness (QED) is 0.148.